The minimum atomic E-state index is -0.0725. The maximum absolute atomic E-state index is 13.2. The van der Waals surface area contributed by atoms with Crippen LogP contribution in [0.15, 0.2) is 54.6 Å². The van der Waals surface area contributed by atoms with Crippen molar-refractivity contribution in [1.82, 2.24) is 0 Å². The maximum Gasteiger partial charge on any atom is 0.175 e. The van der Waals surface area contributed by atoms with Crippen LogP contribution in [0.1, 0.15) is 48.0 Å². The first-order valence-corrected chi connectivity index (χ1v) is 9.43. The van der Waals surface area contributed by atoms with Crippen LogP contribution in [-0.4, -0.2) is 32.0 Å². The Balaban J connectivity index is 1.78. The summed E-state index contributed by atoms with van der Waals surface area (Å²) >= 11 is 0. The largest absolute Gasteiger partial charge is 0.494 e. The number of hydrogen-bond donors (Lipinski definition) is 1. The van der Waals surface area contributed by atoms with Crippen LogP contribution in [0.3, 0.4) is 0 Å². The molecule has 2 aromatic carbocycles. The van der Waals surface area contributed by atoms with E-state index in [2.05, 4.69) is 19.1 Å². The minimum absolute atomic E-state index is 0.0725. The molecule has 1 heterocycles. The van der Waals surface area contributed by atoms with Gasteiger partial charge in [0.25, 0.3) is 0 Å². The molecule has 0 amide bonds. The van der Waals surface area contributed by atoms with Crippen molar-refractivity contribution in [3.63, 3.8) is 0 Å². The highest BCUT2D eigenvalue weighted by Crippen LogP contribution is 2.22. The molecule has 1 atom stereocenters. The molecule has 0 bridgehead atoms. The highest BCUT2D eigenvalue weighted by atomic mass is 16.5. The van der Waals surface area contributed by atoms with Crippen LogP contribution >= 0.6 is 0 Å². The van der Waals surface area contributed by atoms with E-state index >= 15 is 0 Å². The van der Waals surface area contributed by atoms with E-state index in [0.29, 0.717) is 6.61 Å². The lowest BCUT2D eigenvalue weighted by Gasteiger charge is -2.21. The van der Waals surface area contributed by atoms with Gasteiger partial charge in [0, 0.05) is 18.4 Å². The van der Waals surface area contributed by atoms with Gasteiger partial charge in [-0.25, -0.2) is 0 Å². The van der Waals surface area contributed by atoms with Crippen molar-refractivity contribution in [2.75, 3.05) is 26.2 Å². The van der Waals surface area contributed by atoms with Gasteiger partial charge in [0.05, 0.1) is 32.2 Å². The molecule has 1 fully saturated rings. The zero-order valence-electron chi connectivity index (χ0n) is 15.0. The molecule has 1 aliphatic heterocycles. The summed E-state index contributed by atoms with van der Waals surface area (Å²) in [7, 11) is 0. The van der Waals surface area contributed by atoms with Crippen LogP contribution in [-0.2, 0) is 0 Å². The number of hydrogen-bond acceptors (Lipinski definition) is 2. The van der Waals surface area contributed by atoms with Gasteiger partial charge < -0.3 is 9.64 Å². The normalized spacial score (nSPS) is 15.9. The van der Waals surface area contributed by atoms with E-state index in [-0.39, 0.29) is 11.7 Å². The molecule has 0 radical (unpaired) electrons. The Hall–Kier alpha value is -2.13. The second-order valence-corrected chi connectivity index (χ2v) is 6.86. The van der Waals surface area contributed by atoms with Crippen molar-refractivity contribution in [2.45, 2.75) is 32.1 Å². The molecule has 132 valence electrons. The number of ether oxygens (including phenoxy) is 1. The number of likely N-dealkylation sites (tertiary alicyclic amines) is 1. The third-order valence-corrected chi connectivity index (χ3v) is 4.93. The monoisotopic (exact) mass is 338 g/mol. The van der Waals surface area contributed by atoms with E-state index in [1.807, 2.05) is 42.5 Å². The summed E-state index contributed by atoms with van der Waals surface area (Å²) in [5, 5.41) is 0. The average Bonchev–Trinajstić information content (AvgIpc) is 3.18. The highest BCUT2D eigenvalue weighted by Gasteiger charge is 2.28. The van der Waals surface area contributed by atoms with Crippen LogP contribution < -0.4 is 9.64 Å². The number of rotatable bonds is 8. The van der Waals surface area contributed by atoms with Crippen molar-refractivity contribution in [2.24, 2.45) is 0 Å². The summed E-state index contributed by atoms with van der Waals surface area (Å²) < 4.78 is 5.63. The zero-order chi connectivity index (χ0) is 17.5. The highest BCUT2D eigenvalue weighted by molar-refractivity contribution is 6.01. The van der Waals surface area contributed by atoms with Crippen molar-refractivity contribution in [3.05, 3.63) is 65.7 Å². The standard InChI is InChI=1S/C22H27NO2/c1-2-16-25-20-12-10-19(11-13-20)22(24)21(17-23-14-6-7-15-23)18-8-4-3-5-9-18/h3-5,8-13,21H,2,6-7,14-17H2,1H3/p+1/t21-/m0/s1. The van der Waals surface area contributed by atoms with E-state index in [1.54, 1.807) is 4.90 Å². The smallest absolute Gasteiger partial charge is 0.175 e. The van der Waals surface area contributed by atoms with Crippen molar-refractivity contribution in [3.8, 4) is 5.75 Å². The number of carbonyl (C=O) groups is 1. The van der Waals surface area contributed by atoms with Gasteiger partial charge in [0.1, 0.15) is 5.75 Å². The first kappa shape index (κ1) is 17.7. The Morgan fingerprint density at radius 2 is 1.72 bits per heavy atom. The predicted octanol–water partition coefficient (Wildman–Crippen LogP) is 3.12. The molecular weight excluding hydrogens is 310 g/mol. The number of benzene rings is 2. The van der Waals surface area contributed by atoms with Gasteiger partial charge in [-0.3, -0.25) is 4.79 Å². The van der Waals surface area contributed by atoms with E-state index < -0.39 is 0 Å². The molecule has 25 heavy (non-hydrogen) atoms. The molecule has 2 aromatic rings. The van der Waals surface area contributed by atoms with Gasteiger partial charge >= 0.3 is 0 Å². The second kappa shape index (κ2) is 8.82. The average molecular weight is 338 g/mol. The van der Waals surface area contributed by atoms with Crippen LogP contribution in [0.25, 0.3) is 0 Å². The van der Waals surface area contributed by atoms with Gasteiger partial charge in [0.2, 0.25) is 0 Å². The fraction of sp³-hybridized carbons (Fsp3) is 0.409. The number of nitrogens with one attached hydrogen (secondary N) is 1. The Morgan fingerprint density at radius 1 is 1.04 bits per heavy atom. The molecule has 0 spiro atoms. The molecule has 1 N–H and O–H groups in total. The van der Waals surface area contributed by atoms with Gasteiger partial charge in [0.15, 0.2) is 5.78 Å². The molecule has 3 heteroatoms. The molecule has 0 aliphatic carbocycles. The van der Waals surface area contributed by atoms with Gasteiger partial charge in [-0.15, -0.1) is 0 Å². The molecule has 1 saturated heterocycles. The molecule has 0 unspecified atom stereocenters. The molecule has 0 saturated carbocycles. The summed E-state index contributed by atoms with van der Waals surface area (Å²) in [4.78, 5) is 14.8. The van der Waals surface area contributed by atoms with Crippen molar-refractivity contribution >= 4 is 5.78 Å². The first-order valence-electron chi connectivity index (χ1n) is 9.43. The summed E-state index contributed by atoms with van der Waals surface area (Å²) in [5.41, 5.74) is 1.90. The number of carbonyl (C=O) groups excluding carboxylic acids is 1. The quantitative estimate of drug-likeness (QED) is 0.750. The number of quaternary nitrogens is 1. The lowest BCUT2D eigenvalue weighted by atomic mass is 9.90. The summed E-state index contributed by atoms with van der Waals surface area (Å²) in [6.07, 6.45) is 3.53. The van der Waals surface area contributed by atoms with Gasteiger partial charge in [-0.2, -0.15) is 0 Å². The van der Waals surface area contributed by atoms with Gasteiger partial charge in [-0.05, 0) is 36.2 Å². The van der Waals surface area contributed by atoms with Crippen LogP contribution in [0.5, 0.6) is 5.75 Å². The Kier molecular flexibility index (Phi) is 6.24. The van der Waals surface area contributed by atoms with E-state index in [1.165, 1.54) is 25.9 Å². The Morgan fingerprint density at radius 3 is 2.36 bits per heavy atom. The molecular formula is C22H28NO2+. The molecule has 1 aliphatic rings. The zero-order valence-corrected chi connectivity index (χ0v) is 15.0. The van der Waals surface area contributed by atoms with E-state index in [0.717, 1.165) is 29.8 Å². The van der Waals surface area contributed by atoms with Crippen LogP contribution in [0, 0.1) is 0 Å². The fourth-order valence-electron chi connectivity index (χ4n) is 3.55. The lowest BCUT2D eigenvalue weighted by molar-refractivity contribution is -0.887. The molecule has 3 rings (SSSR count). The number of Topliss-reactive ketones (excluding diaryl/α,β-unsaturated/α-hetero) is 1. The summed E-state index contributed by atoms with van der Waals surface area (Å²) in [6, 6.07) is 17.8. The molecule has 0 aromatic heterocycles. The van der Waals surface area contributed by atoms with Gasteiger partial charge in [-0.1, -0.05) is 37.3 Å². The SMILES string of the molecule is CCCOc1ccc(C(=O)[C@@H](C[NH+]2CCCC2)c2ccccc2)cc1. The van der Waals surface area contributed by atoms with E-state index in [4.69, 9.17) is 4.74 Å². The lowest BCUT2D eigenvalue weighted by Crippen LogP contribution is -3.10. The van der Waals surface area contributed by atoms with Crippen LogP contribution in [0.4, 0.5) is 0 Å². The molecule has 3 nitrogen and oxygen atoms in total. The fourth-order valence-corrected chi connectivity index (χ4v) is 3.55. The van der Waals surface area contributed by atoms with Crippen molar-refractivity contribution in [1.29, 1.82) is 0 Å². The summed E-state index contributed by atoms with van der Waals surface area (Å²) in [6.45, 7) is 6.04. The topological polar surface area (TPSA) is 30.7 Å². The Bertz CT molecular complexity index is 660. The van der Waals surface area contributed by atoms with E-state index in [9.17, 15) is 4.79 Å². The third-order valence-electron chi connectivity index (χ3n) is 4.93. The van der Waals surface area contributed by atoms with Crippen LogP contribution in [0.2, 0.25) is 0 Å². The second-order valence-electron chi connectivity index (χ2n) is 6.86. The predicted molar refractivity (Wildman–Crippen MR) is 101 cm³/mol. The summed E-state index contributed by atoms with van der Waals surface area (Å²) in [5.74, 6) is 0.976. The maximum atomic E-state index is 13.2. The number of ketones is 1. The Labute approximate surface area is 150 Å². The minimum Gasteiger partial charge on any atom is -0.494 e. The third kappa shape index (κ3) is 4.70. The van der Waals surface area contributed by atoms with Crippen molar-refractivity contribution < 1.29 is 14.4 Å². The first-order chi connectivity index (χ1) is 12.3.